The number of H-pyrrole nitrogens is 1. The van der Waals surface area contributed by atoms with E-state index in [1.54, 1.807) is 26.0 Å². The molecule has 0 unspecified atom stereocenters. The van der Waals surface area contributed by atoms with Crippen LogP contribution in [0.3, 0.4) is 0 Å². The molecule has 0 fully saturated rings. The number of benzene rings is 1. The van der Waals surface area contributed by atoms with Crippen LogP contribution >= 0.6 is 15.9 Å². The van der Waals surface area contributed by atoms with Crippen LogP contribution in [0, 0.1) is 5.82 Å². The highest BCUT2D eigenvalue weighted by Gasteiger charge is 2.30. The van der Waals surface area contributed by atoms with Crippen LogP contribution in [0.25, 0.3) is 0 Å². The molecule has 0 atom stereocenters. The van der Waals surface area contributed by atoms with E-state index in [0.717, 1.165) is 0 Å². The fourth-order valence-corrected chi connectivity index (χ4v) is 2.32. The number of aromatic nitrogens is 3. The average Bonchev–Trinajstić information content (AvgIpc) is 3.00. The van der Waals surface area contributed by atoms with Crippen molar-refractivity contribution < 1.29 is 13.9 Å². The Morgan fingerprint density at radius 2 is 2.21 bits per heavy atom. The predicted molar refractivity (Wildman–Crippen MR) is 90.7 cm³/mol. The Morgan fingerprint density at radius 3 is 2.88 bits per heavy atom. The van der Waals surface area contributed by atoms with E-state index in [1.807, 2.05) is 6.92 Å². The molecule has 0 radical (unpaired) electrons. The number of hydrogen-bond acceptors (Lipinski definition) is 4. The number of nitrogens with one attached hydrogen (secondary N) is 2. The number of hydrogen-bond donors (Lipinski definition) is 2. The van der Waals surface area contributed by atoms with Crippen molar-refractivity contribution in [3.8, 4) is 0 Å². The van der Waals surface area contributed by atoms with Crippen molar-refractivity contribution in [2.24, 2.45) is 0 Å². The third-order valence-electron chi connectivity index (χ3n) is 3.64. The third-order valence-corrected chi connectivity index (χ3v) is 4.28. The van der Waals surface area contributed by atoms with Gasteiger partial charge in [0, 0.05) is 6.61 Å². The van der Waals surface area contributed by atoms with Crippen LogP contribution in [0.1, 0.15) is 38.0 Å². The molecule has 1 aromatic heterocycles. The van der Waals surface area contributed by atoms with Gasteiger partial charge in [-0.05, 0) is 54.4 Å². The van der Waals surface area contributed by atoms with Crippen molar-refractivity contribution in [3.63, 3.8) is 0 Å². The number of nitrogens with zero attached hydrogens (tertiary/aromatic N) is 2. The lowest BCUT2D eigenvalue weighted by Crippen LogP contribution is -2.40. The Kier molecular flexibility index (Phi) is 6.06. The topological polar surface area (TPSA) is 79.9 Å². The van der Waals surface area contributed by atoms with E-state index in [4.69, 9.17) is 4.74 Å². The summed E-state index contributed by atoms with van der Waals surface area (Å²) in [4.78, 5) is 16.7. The molecule has 24 heavy (non-hydrogen) atoms. The number of carbonyl (C=O) groups excluding carboxylic acids is 1. The SMILES string of the molecule is CCOCc1n[nH]c(CNC(=O)C(C)(C)c2ccc(Br)c(F)c2)n1. The smallest absolute Gasteiger partial charge is 0.230 e. The molecule has 2 aromatic rings. The zero-order valence-corrected chi connectivity index (χ0v) is 15.4. The maximum absolute atomic E-state index is 13.7. The Balaban J connectivity index is 2.00. The van der Waals surface area contributed by atoms with E-state index in [0.29, 0.717) is 34.9 Å². The summed E-state index contributed by atoms with van der Waals surface area (Å²) in [5.74, 6) is 0.447. The molecular formula is C16H20BrFN4O2. The van der Waals surface area contributed by atoms with Crippen molar-refractivity contribution >= 4 is 21.8 Å². The summed E-state index contributed by atoms with van der Waals surface area (Å²) in [5, 5.41) is 9.56. The zero-order valence-electron chi connectivity index (χ0n) is 13.8. The van der Waals surface area contributed by atoms with Gasteiger partial charge in [-0.2, -0.15) is 5.10 Å². The number of amides is 1. The Morgan fingerprint density at radius 1 is 1.46 bits per heavy atom. The second-order valence-corrected chi connectivity index (χ2v) is 6.63. The molecule has 1 heterocycles. The van der Waals surface area contributed by atoms with Crippen molar-refractivity contribution in [3.05, 3.63) is 45.7 Å². The normalized spacial score (nSPS) is 11.5. The first-order chi connectivity index (χ1) is 11.3. The maximum Gasteiger partial charge on any atom is 0.230 e. The number of aromatic amines is 1. The van der Waals surface area contributed by atoms with Gasteiger partial charge >= 0.3 is 0 Å². The van der Waals surface area contributed by atoms with Crippen LogP contribution in [0.4, 0.5) is 4.39 Å². The second kappa shape index (κ2) is 7.85. The Bertz CT molecular complexity index is 718. The summed E-state index contributed by atoms with van der Waals surface area (Å²) in [7, 11) is 0. The number of rotatable bonds is 7. The van der Waals surface area contributed by atoms with Gasteiger partial charge in [-0.25, -0.2) is 9.37 Å². The minimum Gasteiger partial charge on any atom is -0.374 e. The largest absolute Gasteiger partial charge is 0.374 e. The summed E-state index contributed by atoms with van der Waals surface area (Å²) in [5.41, 5.74) is -0.286. The third kappa shape index (κ3) is 4.39. The number of halogens is 2. The molecular weight excluding hydrogens is 379 g/mol. The summed E-state index contributed by atoms with van der Waals surface area (Å²) in [6, 6.07) is 4.68. The lowest BCUT2D eigenvalue weighted by atomic mass is 9.83. The van der Waals surface area contributed by atoms with E-state index < -0.39 is 11.2 Å². The summed E-state index contributed by atoms with van der Waals surface area (Å²) >= 11 is 3.11. The molecule has 2 rings (SSSR count). The van der Waals surface area contributed by atoms with Gasteiger partial charge in [0.25, 0.3) is 0 Å². The van der Waals surface area contributed by atoms with Gasteiger partial charge in [0.1, 0.15) is 18.2 Å². The minimum absolute atomic E-state index is 0.209. The van der Waals surface area contributed by atoms with Crippen LogP contribution in [0.15, 0.2) is 22.7 Å². The number of carbonyl (C=O) groups is 1. The molecule has 0 aliphatic rings. The zero-order chi connectivity index (χ0) is 17.7. The second-order valence-electron chi connectivity index (χ2n) is 5.77. The molecule has 1 aromatic carbocycles. The van der Waals surface area contributed by atoms with Gasteiger partial charge in [-0.15, -0.1) is 0 Å². The van der Waals surface area contributed by atoms with Crippen LogP contribution < -0.4 is 5.32 Å². The highest BCUT2D eigenvalue weighted by Crippen LogP contribution is 2.27. The van der Waals surface area contributed by atoms with Gasteiger partial charge in [-0.1, -0.05) is 6.07 Å². The van der Waals surface area contributed by atoms with Crippen LogP contribution in [-0.2, 0) is 28.1 Å². The molecule has 130 valence electrons. The van der Waals surface area contributed by atoms with Gasteiger partial charge < -0.3 is 10.1 Å². The molecule has 0 saturated carbocycles. The van der Waals surface area contributed by atoms with Gasteiger partial charge in [0.15, 0.2) is 5.82 Å². The van der Waals surface area contributed by atoms with Crippen LogP contribution in [0.2, 0.25) is 0 Å². The van der Waals surface area contributed by atoms with E-state index >= 15 is 0 Å². The van der Waals surface area contributed by atoms with E-state index in [1.165, 1.54) is 6.07 Å². The van der Waals surface area contributed by atoms with E-state index in [2.05, 4.69) is 36.4 Å². The fraction of sp³-hybridized carbons (Fsp3) is 0.438. The molecule has 0 aliphatic carbocycles. The van der Waals surface area contributed by atoms with Gasteiger partial charge in [0.05, 0.1) is 16.4 Å². The fourth-order valence-electron chi connectivity index (χ4n) is 2.07. The molecule has 0 spiro atoms. The Hall–Kier alpha value is -1.80. The summed E-state index contributed by atoms with van der Waals surface area (Å²) in [6.07, 6.45) is 0. The standard InChI is InChI=1S/C16H20BrFN4O2/c1-4-24-9-14-20-13(21-22-14)8-19-15(23)16(2,3)10-5-6-11(17)12(18)7-10/h5-7H,4,8-9H2,1-3H3,(H,19,23)(H,20,21,22). The van der Waals surface area contributed by atoms with Crippen molar-refractivity contribution in [1.29, 1.82) is 0 Å². The van der Waals surface area contributed by atoms with Crippen molar-refractivity contribution in [2.45, 2.75) is 39.3 Å². The highest BCUT2D eigenvalue weighted by atomic mass is 79.9. The quantitative estimate of drug-likeness (QED) is 0.751. The van der Waals surface area contributed by atoms with Gasteiger partial charge in [-0.3, -0.25) is 9.89 Å². The average molecular weight is 399 g/mol. The molecule has 0 saturated heterocycles. The van der Waals surface area contributed by atoms with Crippen LogP contribution in [0.5, 0.6) is 0 Å². The first-order valence-corrected chi connectivity index (χ1v) is 8.35. The molecule has 0 bridgehead atoms. The molecule has 6 nitrogen and oxygen atoms in total. The predicted octanol–water partition coefficient (Wildman–Crippen LogP) is 2.84. The summed E-state index contributed by atoms with van der Waals surface area (Å²) < 4.78 is 19.3. The monoisotopic (exact) mass is 398 g/mol. The van der Waals surface area contributed by atoms with E-state index in [-0.39, 0.29) is 12.5 Å². The van der Waals surface area contributed by atoms with E-state index in [9.17, 15) is 9.18 Å². The van der Waals surface area contributed by atoms with Gasteiger partial charge in [0.2, 0.25) is 5.91 Å². The molecule has 2 N–H and O–H groups in total. The molecule has 1 amide bonds. The highest BCUT2D eigenvalue weighted by molar-refractivity contribution is 9.10. The lowest BCUT2D eigenvalue weighted by molar-refractivity contribution is -0.125. The first kappa shape index (κ1) is 18.5. The minimum atomic E-state index is -0.879. The Labute approximate surface area is 148 Å². The summed E-state index contributed by atoms with van der Waals surface area (Å²) in [6.45, 7) is 6.49. The molecule has 0 aliphatic heterocycles. The van der Waals surface area contributed by atoms with Crippen molar-refractivity contribution in [2.75, 3.05) is 6.61 Å². The maximum atomic E-state index is 13.7. The lowest BCUT2D eigenvalue weighted by Gasteiger charge is -2.24. The van der Waals surface area contributed by atoms with Crippen molar-refractivity contribution in [1.82, 2.24) is 20.5 Å². The molecule has 8 heteroatoms. The first-order valence-electron chi connectivity index (χ1n) is 7.56. The number of ether oxygens (including phenoxy) is 1. The van der Waals surface area contributed by atoms with Crippen LogP contribution in [-0.4, -0.2) is 27.7 Å².